The van der Waals surface area contributed by atoms with Gasteiger partial charge < -0.3 is 14.8 Å². The first-order chi connectivity index (χ1) is 11.2. The Labute approximate surface area is 133 Å². The second kappa shape index (κ2) is 4.50. The number of carbonyl (C=O) groups is 1. The summed E-state index contributed by atoms with van der Waals surface area (Å²) in [5, 5.41) is 7.69. The van der Waals surface area contributed by atoms with Crippen LogP contribution >= 0.6 is 0 Å². The Morgan fingerprint density at radius 2 is 2.04 bits per heavy atom. The molecule has 1 N–H and O–H groups in total. The summed E-state index contributed by atoms with van der Waals surface area (Å²) in [6.07, 6.45) is 3.81. The minimum atomic E-state index is -0.0734. The van der Waals surface area contributed by atoms with E-state index in [2.05, 4.69) is 17.4 Å². The molecule has 1 fully saturated rings. The number of amides is 1. The van der Waals surface area contributed by atoms with Crippen molar-refractivity contribution in [3.8, 4) is 11.5 Å². The molecule has 1 amide bonds. The first kappa shape index (κ1) is 13.0. The summed E-state index contributed by atoms with van der Waals surface area (Å²) in [6.45, 7) is 0.939. The zero-order valence-electron chi connectivity index (χ0n) is 12.7. The molecule has 3 aliphatic rings. The average Bonchev–Trinajstić information content (AvgIpc) is 3.11. The van der Waals surface area contributed by atoms with Gasteiger partial charge >= 0.3 is 0 Å². The molecule has 5 rings (SSSR count). The van der Waals surface area contributed by atoms with Gasteiger partial charge in [-0.2, -0.15) is 5.10 Å². The fraction of sp³-hybridized carbons (Fsp3) is 0.412. The number of nitrogens with zero attached hydrogens (tertiary/aromatic N) is 2. The van der Waals surface area contributed by atoms with E-state index in [0.717, 1.165) is 35.9 Å². The third-order valence-corrected chi connectivity index (χ3v) is 5.22. The molecule has 118 valence electrons. The van der Waals surface area contributed by atoms with E-state index in [9.17, 15) is 4.79 Å². The second-order valence-electron chi connectivity index (χ2n) is 6.44. The number of aryl methyl sites for hydroxylation is 1. The Hall–Kier alpha value is -2.50. The number of ether oxygens (including phenoxy) is 2. The van der Waals surface area contributed by atoms with Crippen LogP contribution < -0.4 is 14.8 Å². The summed E-state index contributed by atoms with van der Waals surface area (Å²) in [7, 11) is 0. The van der Waals surface area contributed by atoms with E-state index in [1.165, 1.54) is 12.0 Å². The number of nitrogens with one attached hydrogen (secondary N) is 1. The van der Waals surface area contributed by atoms with Gasteiger partial charge in [0.1, 0.15) is 5.82 Å². The van der Waals surface area contributed by atoms with Gasteiger partial charge in [0.2, 0.25) is 12.7 Å². The van der Waals surface area contributed by atoms with Crippen molar-refractivity contribution in [2.75, 3.05) is 12.1 Å². The molecule has 0 unspecified atom stereocenters. The number of aromatic nitrogens is 2. The van der Waals surface area contributed by atoms with E-state index >= 15 is 0 Å². The zero-order valence-corrected chi connectivity index (χ0v) is 12.7. The Morgan fingerprint density at radius 1 is 1.17 bits per heavy atom. The highest BCUT2D eigenvalue weighted by molar-refractivity contribution is 5.91. The lowest BCUT2D eigenvalue weighted by molar-refractivity contribution is -0.116. The molecule has 1 aromatic heterocycles. The van der Waals surface area contributed by atoms with Crippen LogP contribution in [0.25, 0.3) is 0 Å². The van der Waals surface area contributed by atoms with Crippen LogP contribution in [0.15, 0.2) is 24.3 Å². The maximum atomic E-state index is 11.6. The van der Waals surface area contributed by atoms with Gasteiger partial charge in [-0.15, -0.1) is 0 Å². The number of anilines is 1. The van der Waals surface area contributed by atoms with E-state index in [4.69, 9.17) is 14.6 Å². The number of rotatable bonds is 2. The summed E-state index contributed by atoms with van der Waals surface area (Å²) in [5.74, 6) is 2.49. The average molecular weight is 311 g/mol. The highest BCUT2D eigenvalue weighted by atomic mass is 16.7. The summed E-state index contributed by atoms with van der Waals surface area (Å²) < 4.78 is 12.8. The molecular formula is C17H17N3O3. The number of fused-ring (bicyclic) bond motifs is 2. The van der Waals surface area contributed by atoms with Crippen molar-refractivity contribution in [2.45, 2.75) is 37.6 Å². The van der Waals surface area contributed by atoms with Crippen molar-refractivity contribution in [2.24, 2.45) is 0 Å². The molecule has 1 aromatic carbocycles. The molecule has 1 aliphatic carbocycles. The molecule has 6 nitrogen and oxygen atoms in total. The van der Waals surface area contributed by atoms with E-state index < -0.39 is 0 Å². The van der Waals surface area contributed by atoms with Crippen LogP contribution in [0.1, 0.15) is 36.9 Å². The lowest BCUT2D eigenvalue weighted by Crippen LogP contribution is -2.36. The molecule has 0 spiro atoms. The van der Waals surface area contributed by atoms with Crippen molar-refractivity contribution in [1.29, 1.82) is 0 Å². The zero-order chi connectivity index (χ0) is 15.4. The molecule has 2 aromatic rings. The molecule has 3 heterocycles. The predicted octanol–water partition coefficient (Wildman–Crippen LogP) is 2.42. The monoisotopic (exact) mass is 311 g/mol. The summed E-state index contributed by atoms with van der Waals surface area (Å²) >= 11 is 0. The van der Waals surface area contributed by atoms with E-state index in [0.29, 0.717) is 13.0 Å². The van der Waals surface area contributed by atoms with Crippen molar-refractivity contribution in [3.63, 3.8) is 0 Å². The number of hydrogen-bond donors (Lipinski definition) is 1. The van der Waals surface area contributed by atoms with Crippen molar-refractivity contribution in [1.82, 2.24) is 9.78 Å². The van der Waals surface area contributed by atoms with Gasteiger partial charge in [0, 0.05) is 17.9 Å². The molecule has 1 saturated carbocycles. The quantitative estimate of drug-likeness (QED) is 0.925. The van der Waals surface area contributed by atoms with Crippen molar-refractivity contribution in [3.05, 3.63) is 35.5 Å². The maximum Gasteiger partial charge on any atom is 0.231 e. The molecule has 0 bridgehead atoms. The molecule has 2 aliphatic heterocycles. The molecule has 0 saturated heterocycles. The van der Waals surface area contributed by atoms with E-state index in [-0.39, 0.29) is 18.1 Å². The smallest absolute Gasteiger partial charge is 0.231 e. The lowest BCUT2D eigenvalue weighted by Gasteiger charge is -2.41. The van der Waals surface area contributed by atoms with Crippen molar-refractivity contribution < 1.29 is 14.3 Å². The van der Waals surface area contributed by atoms with Gasteiger partial charge in [-0.25, -0.2) is 4.68 Å². The lowest BCUT2D eigenvalue weighted by atomic mass is 9.62. The predicted molar refractivity (Wildman–Crippen MR) is 82.7 cm³/mol. The standard InChI is InChI=1S/C17H17N3O3/c21-16-4-7-20-15(18-16)9-14(19-20)17(5-1-6-17)11-2-3-12-13(8-11)23-10-22-12/h2-3,8-9H,1,4-7,10H2,(H,18,21). The van der Waals surface area contributed by atoms with E-state index in [1.807, 2.05) is 16.8 Å². The topological polar surface area (TPSA) is 65.4 Å². The van der Waals surface area contributed by atoms with Crippen LogP contribution in [0.5, 0.6) is 11.5 Å². The SMILES string of the molecule is O=C1CCn2nc(C3(c4ccc5c(c4)OCO5)CCC3)cc2N1. The highest BCUT2D eigenvalue weighted by Crippen LogP contribution is 2.51. The Kier molecular flexibility index (Phi) is 2.54. The Bertz CT molecular complexity index is 807. The van der Waals surface area contributed by atoms with Gasteiger partial charge in [0.05, 0.1) is 12.2 Å². The minimum absolute atomic E-state index is 0.0645. The van der Waals surface area contributed by atoms with Gasteiger partial charge in [0.15, 0.2) is 11.5 Å². The first-order valence-electron chi connectivity index (χ1n) is 8.03. The second-order valence-corrected chi connectivity index (χ2v) is 6.44. The van der Waals surface area contributed by atoms with Crippen molar-refractivity contribution >= 4 is 11.7 Å². The Morgan fingerprint density at radius 3 is 2.87 bits per heavy atom. The van der Waals surface area contributed by atoms with E-state index in [1.54, 1.807) is 0 Å². The Balaban J connectivity index is 1.58. The fourth-order valence-corrected chi connectivity index (χ4v) is 3.75. The number of hydrogen-bond acceptors (Lipinski definition) is 4. The first-order valence-corrected chi connectivity index (χ1v) is 8.03. The molecule has 6 heteroatoms. The van der Waals surface area contributed by atoms with Crippen LogP contribution in [0.4, 0.5) is 5.82 Å². The molecule has 0 atom stereocenters. The number of carbonyl (C=O) groups excluding carboxylic acids is 1. The van der Waals surface area contributed by atoms with Crippen LogP contribution in [-0.2, 0) is 16.8 Å². The van der Waals surface area contributed by atoms with Crippen LogP contribution in [-0.4, -0.2) is 22.5 Å². The van der Waals surface area contributed by atoms with Gasteiger partial charge in [-0.1, -0.05) is 12.5 Å². The van der Waals surface area contributed by atoms with Crippen LogP contribution in [0.3, 0.4) is 0 Å². The largest absolute Gasteiger partial charge is 0.454 e. The molecular weight excluding hydrogens is 294 g/mol. The summed E-state index contributed by atoms with van der Waals surface area (Å²) in [6, 6.07) is 8.21. The minimum Gasteiger partial charge on any atom is -0.454 e. The third kappa shape index (κ3) is 1.81. The van der Waals surface area contributed by atoms with Gasteiger partial charge in [-0.05, 0) is 30.5 Å². The fourth-order valence-electron chi connectivity index (χ4n) is 3.75. The highest BCUT2D eigenvalue weighted by Gasteiger charge is 2.43. The maximum absolute atomic E-state index is 11.6. The number of benzene rings is 1. The van der Waals surface area contributed by atoms with Gasteiger partial charge in [0.25, 0.3) is 0 Å². The molecule has 23 heavy (non-hydrogen) atoms. The van der Waals surface area contributed by atoms with Gasteiger partial charge in [-0.3, -0.25) is 4.79 Å². The van der Waals surface area contributed by atoms with Crippen LogP contribution in [0, 0.1) is 0 Å². The summed E-state index contributed by atoms with van der Waals surface area (Å²) in [5.41, 5.74) is 2.19. The van der Waals surface area contributed by atoms with Crippen LogP contribution in [0.2, 0.25) is 0 Å². The third-order valence-electron chi connectivity index (χ3n) is 5.22. The summed E-state index contributed by atoms with van der Waals surface area (Å²) in [4.78, 5) is 11.6. The molecule has 0 radical (unpaired) electrons. The normalized spacial score (nSPS) is 20.6.